The van der Waals surface area contributed by atoms with Gasteiger partial charge in [-0.05, 0) is 79.6 Å². The first-order valence-corrected chi connectivity index (χ1v) is 18.9. The fraction of sp³-hybridized carbons (Fsp3) is 0.867. The van der Waals surface area contributed by atoms with Crippen molar-refractivity contribution in [1.29, 1.82) is 0 Å². The SMILES string of the molecule is C=C1[C@H]2CC[C@H]3[C@]4(C)C[C@H](O[C@@H]5O[C@H](CO)[C@@H](OS(=O)(=O)O)[C@H](OS(=O)(=O)O)[C@H]5OC(=O)CC(C)C)C[C@@H](C(=O)O)[C@H]4CC[C@]3(C2)[C@H]1O.[KH].[KH].[KH].[KH]. The van der Waals surface area contributed by atoms with Crippen LogP contribution in [0.15, 0.2) is 12.2 Å². The van der Waals surface area contributed by atoms with E-state index in [1.807, 2.05) is 6.92 Å². The molecule has 4 saturated carbocycles. The summed E-state index contributed by atoms with van der Waals surface area (Å²) in [4.78, 5) is 25.7. The molecule has 52 heavy (non-hydrogen) atoms. The Labute approximate surface area is 475 Å². The molecule has 5 rings (SSSR count). The molecule has 0 aromatic heterocycles. The third kappa shape index (κ3) is 12.3. The van der Waals surface area contributed by atoms with Crippen LogP contribution in [0.25, 0.3) is 0 Å². The molecule has 0 aromatic carbocycles. The molecular weight excluding hydrogens is 837 g/mol. The third-order valence-corrected chi connectivity index (χ3v) is 12.4. The molecule has 0 amide bonds. The van der Waals surface area contributed by atoms with E-state index in [1.54, 1.807) is 13.8 Å². The topological polar surface area (TPSA) is 250 Å². The van der Waals surface area contributed by atoms with E-state index in [0.717, 1.165) is 24.8 Å². The van der Waals surface area contributed by atoms with E-state index >= 15 is 0 Å². The van der Waals surface area contributed by atoms with Crippen molar-refractivity contribution in [2.24, 2.45) is 40.4 Å². The maximum atomic E-state index is 12.9. The van der Waals surface area contributed by atoms with Crippen molar-refractivity contribution in [3.05, 3.63) is 12.2 Å². The van der Waals surface area contributed by atoms with Crippen LogP contribution < -0.4 is 0 Å². The molecule has 0 aromatic rings. The minimum absolute atomic E-state index is 0. The van der Waals surface area contributed by atoms with Gasteiger partial charge in [0, 0.05) is 11.8 Å². The first-order valence-electron chi connectivity index (χ1n) is 16.2. The summed E-state index contributed by atoms with van der Waals surface area (Å²) < 4.78 is 93.5. The zero-order chi connectivity index (χ0) is 35.6. The van der Waals surface area contributed by atoms with Crippen molar-refractivity contribution in [3.8, 4) is 0 Å². The molecule has 4 aliphatic carbocycles. The van der Waals surface area contributed by atoms with Gasteiger partial charge in [0.25, 0.3) is 0 Å². The Bertz CT molecular complexity index is 1500. The summed E-state index contributed by atoms with van der Waals surface area (Å²) in [5, 5.41) is 32.0. The molecule has 1 spiro atoms. The Morgan fingerprint density at radius 1 is 0.962 bits per heavy atom. The summed E-state index contributed by atoms with van der Waals surface area (Å²) in [6, 6.07) is 0. The Kier molecular flexibility index (Phi) is 22.9. The zero-order valence-electron chi connectivity index (χ0n) is 27.0. The minimum atomic E-state index is -5.42. The Morgan fingerprint density at radius 2 is 1.56 bits per heavy atom. The van der Waals surface area contributed by atoms with Crippen molar-refractivity contribution in [2.75, 3.05) is 6.61 Å². The van der Waals surface area contributed by atoms with E-state index in [2.05, 4.69) is 10.8 Å². The van der Waals surface area contributed by atoms with E-state index < -0.39 is 99.0 Å². The molecule has 5 fully saturated rings. The quantitative estimate of drug-likeness (QED) is 0.0553. The maximum absolute atomic E-state index is 12.9. The Hall–Kier alpha value is 4.81. The standard InChI is InChI=1S/C30H46O16S2.4K.4H/c1-14(2)9-22(32)44-25-24(46-48(39,40)41)23(45-47(36,37)38)20(13-31)43-28(25)42-17-10-18(27(34)35)19-7-8-30-11-16(15(3)26(30)33)5-6-21(30)29(19,4)12-17;;;;;;;;/h14,16-21,23-26,28,31,33H,3,5-13H2,1-2,4H3,(H,34,35)(H,36,37,38)(H,39,40,41);;;;;;;;/t16-,17+,18+,19+,20+,21-,23+,24-,25+,26-,28+,29+,30+;;;;;;;;/m0......../s1. The van der Waals surface area contributed by atoms with Gasteiger partial charge in [-0.1, -0.05) is 27.4 Å². The average molecular weight is 887 g/mol. The molecule has 1 saturated heterocycles. The normalized spacial score (nSPS) is 39.7. The Morgan fingerprint density at radius 3 is 2.10 bits per heavy atom. The summed E-state index contributed by atoms with van der Waals surface area (Å²) in [5.41, 5.74) is -0.319. The molecule has 13 atom stereocenters. The number of hydrogen-bond acceptors (Lipinski definition) is 13. The van der Waals surface area contributed by atoms with Gasteiger partial charge in [-0.25, -0.2) is 8.37 Å². The van der Waals surface area contributed by atoms with Gasteiger partial charge in [0.1, 0.15) is 12.2 Å². The first-order chi connectivity index (χ1) is 22.2. The van der Waals surface area contributed by atoms with Crippen molar-refractivity contribution >= 4 is 238 Å². The fourth-order valence-corrected chi connectivity index (χ4v) is 10.8. The van der Waals surface area contributed by atoms with Crippen molar-refractivity contribution in [3.63, 3.8) is 0 Å². The second-order valence-corrected chi connectivity index (χ2v) is 16.9. The Balaban J connectivity index is 0.00000338. The van der Waals surface area contributed by atoms with E-state index in [9.17, 15) is 50.8 Å². The predicted molar refractivity (Wildman–Crippen MR) is 191 cm³/mol. The molecular formula is C30H50K4O16S2. The number of aliphatic hydroxyl groups excluding tert-OH is 2. The van der Waals surface area contributed by atoms with Gasteiger partial charge >= 0.3 is 238 Å². The number of carboxylic acid groups (broad SMARTS) is 1. The van der Waals surface area contributed by atoms with Crippen LogP contribution in [-0.2, 0) is 53.0 Å². The molecule has 2 bridgehead atoms. The summed E-state index contributed by atoms with van der Waals surface area (Å²) >= 11 is 0. The van der Waals surface area contributed by atoms with Crippen LogP contribution in [0.2, 0.25) is 0 Å². The first kappa shape index (κ1) is 54.8. The van der Waals surface area contributed by atoms with E-state index in [1.165, 1.54) is 0 Å². The van der Waals surface area contributed by atoms with E-state index in [4.69, 9.17) is 18.4 Å². The number of carbonyl (C=O) groups is 2. The van der Waals surface area contributed by atoms with Crippen molar-refractivity contribution < 1.29 is 73.4 Å². The molecule has 0 unspecified atom stereocenters. The number of esters is 1. The second kappa shape index (κ2) is 21.7. The molecule has 5 N–H and O–H groups in total. The van der Waals surface area contributed by atoms with Crippen LogP contribution in [-0.4, -0.2) is 308 Å². The number of carbonyl (C=O) groups excluding carboxylic acids is 1. The summed E-state index contributed by atoms with van der Waals surface area (Å²) in [5.74, 6) is -3.25. The van der Waals surface area contributed by atoms with Crippen molar-refractivity contribution in [1.82, 2.24) is 0 Å². The van der Waals surface area contributed by atoms with Gasteiger partial charge in [-0.15, -0.1) is 0 Å². The van der Waals surface area contributed by atoms with Crippen LogP contribution in [0.3, 0.4) is 0 Å². The summed E-state index contributed by atoms with van der Waals surface area (Å²) in [6.07, 6.45) is -7.93. The molecule has 1 aliphatic heterocycles. The van der Waals surface area contributed by atoms with Crippen LogP contribution in [0.4, 0.5) is 0 Å². The number of fused-ring (bicyclic) bond motifs is 3. The van der Waals surface area contributed by atoms with Gasteiger partial charge in [0.2, 0.25) is 0 Å². The molecule has 1 heterocycles. The van der Waals surface area contributed by atoms with Gasteiger partial charge in [-0.3, -0.25) is 18.7 Å². The molecule has 0 radical (unpaired) electrons. The number of rotatable bonds is 11. The van der Waals surface area contributed by atoms with Gasteiger partial charge in [0.15, 0.2) is 18.5 Å². The van der Waals surface area contributed by atoms with Gasteiger partial charge in [0.05, 0.1) is 24.7 Å². The number of aliphatic carboxylic acids is 1. The predicted octanol–water partition coefficient (Wildman–Crippen LogP) is -0.927. The van der Waals surface area contributed by atoms with Crippen molar-refractivity contribution in [2.45, 2.75) is 115 Å². The van der Waals surface area contributed by atoms with Crippen LogP contribution in [0.5, 0.6) is 0 Å². The van der Waals surface area contributed by atoms with Crippen LogP contribution >= 0.6 is 0 Å². The average Bonchev–Trinajstić information content (AvgIpc) is 3.12. The monoisotopic (exact) mass is 886 g/mol. The number of carboxylic acids is 1. The molecule has 22 heteroatoms. The van der Waals surface area contributed by atoms with Crippen LogP contribution in [0, 0.1) is 40.4 Å². The summed E-state index contributed by atoms with van der Waals surface area (Å²) in [6.45, 7) is 8.52. The number of hydrogen-bond donors (Lipinski definition) is 5. The van der Waals surface area contributed by atoms with E-state index in [0.29, 0.717) is 12.8 Å². The second-order valence-electron chi connectivity index (χ2n) is 14.8. The molecule has 16 nitrogen and oxygen atoms in total. The van der Waals surface area contributed by atoms with Gasteiger partial charge < -0.3 is 29.5 Å². The van der Waals surface area contributed by atoms with Crippen LogP contribution in [0.1, 0.15) is 72.1 Å². The molecule has 282 valence electrons. The molecule has 5 aliphatic rings. The van der Waals surface area contributed by atoms with Gasteiger partial charge in [-0.2, -0.15) is 16.8 Å². The third-order valence-electron chi connectivity index (χ3n) is 11.5. The van der Waals surface area contributed by atoms with E-state index in [-0.39, 0.29) is 248 Å². The fourth-order valence-electron chi connectivity index (χ4n) is 9.82. The number of ether oxygens (including phenoxy) is 3. The zero-order valence-corrected chi connectivity index (χ0v) is 28.7. The number of aliphatic hydroxyl groups is 2. The summed E-state index contributed by atoms with van der Waals surface area (Å²) in [7, 11) is -10.8.